The molecule has 0 fully saturated rings. The summed E-state index contributed by atoms with van der Waals surface area (Å²) in [5, 5.41) is 20.2. The molecular weight excluding hydrogens is 308 g/mol. The van der Waals surface area contributed by atoms with Crippen LogP contribution in [0.2, 0.25) is 0 Å². The fraction of sp³-hybridized carbons (Fsp3) is 0.385. The van der Waals surface area contributed by atoms with Crippen LogP contribution in [0.15, 0.2) is 34.9 Å². The number of rotatable bonds is 6. The van der Waals surface area contributed by atoms with Crippen LogP contribution < -0.4 is 5.32 Å². The SMILES string of the molecule is C[C@@H](NCc1cn(CCO)nn1)c1ccc(Br)cc1. The van der Waals surface area contributed by atoms with Crippen molar-refractivity contribution in [1.82, 2.24) is 20.3 Å². The standard InChI is InChI=1S/C13H17BrN4O/c1-10(11-2-4-12(14)5-3-11)15-8-13-9-18(6-7-19)17-16-13/h2-5,9-10,15,19H,6-8H2,1H3/t10-/m1/s1. The Hall–Kier alpha value is -1.24. The molecule has 1 aromatic carbocycles. The summed E-state index contributed by atoms with van der Waals surface area (Å²) in [6, 6.07) is 8.49. The van der Waals surface area contributed by atoms with Gasteiger partial charge in [-0.15, -0.1) is 5.10 Å². The van der Waals surface area contributed by atoms with Gasteiger partial charge in [-0.25, -0.2) is 4.68 Å². The number of nitrogens with zero attached hydrogens (tertiary/aromatic N) is 3. The van der Waals surface area contributed by atoms with Crippen LogP contribution in [-0.4, -0.2) is 26.7 Å². The molecule has 2 aromatic rings. The van der Waals surface area contributed by atoms with Gasteiger partial charge in [0.2, 0.25) is 0 Å². The average Bonchev–Trinajstić information content (AvgIpc) is 2.85. The van der Waals surface area contributed by atoms with E-state index in [0.717, 1.165) is 10.2 Å². The second-order valence-electron chi connectivity index (χ2n) is 4.35. The first-order valence-corrected chi connectivity index (χ1v) is 6.97. The molecule has 1 heterocycles. The summed E-state index contributed by atoms with van der Waals surface area (Å²) >= 11 is 3.43. The molecule has 6 heteroatoms. The monoisotopic (exact) mass is 324 g/mol. The zero-order chi connectivity index (χ0) is 13.7. The fourth-order valence-electron chi connectivity index (χ4n) is 1.76. The molecule has 0 aliphatic heterocycles. The van der Waals surface area contributed by atoms with Gasteiger partial charge in [-0.3, -0.25) is 0 Å². The van der Waals surface area contributed by atoms with Crippen molar-refractivity contribution in [1.29, 1.82) is 0 Å². The number of halogens is 1. The minimum absolute atomic E-state index is 0.0749. The molecule has 102 valence electrons. The summed E-state index contributed by atoms with van der Waals surface area (Å²) < 4.78 is 2.72. The van der Waals surface area contributed by atoms with Gasteiger partial charge in [-0.05, 0) is 24.6 Å². The van der Waals surface area contributed by atoms with Gasteiger partial charge >= 0.3 is 0 Å². The second kappa shape index (κ2) is 6.79. The van der Waals surface area contributed by atoms with Crippen molar-refractivity contribution < 1.29 is 5.11 Å². The average molecular weight is 325 g/mol. The Labute approximate surface area is 120 Å². The zero-order valence-corrected chi connectivity index (χ0v) is 12.3. The Morgan fingerprint density at radius 2 is 2.11 bits per heavy atom. The predicted octanol–water partition coefficient (Wildman–Crippen LogP) is 1.88. The van der Waals surface area contributed by atoms with Crippen molar-refractivity contribution in [2.75, 3.05) is 6.61 Å². The van der Waals surface area contributed by atoms with Crippen LogP contribution in [0.3, 0.4) is 0 Å². The lowest BCUT2D eigenvalue weighted by atomic mass is 10.1. The van der Waals surface area contributed by atoms with Gasteiger partial charge in [0.15, 0.2) is 0 Å². The number of aliphatic hydroxyl groups excluding tert-OH is 1. The Balaban J connectivity index is 1.88. The maximum Gasteiger partial charge on any atom is 0.0965 e. The third-order valence-electron chi connectivity index (χ3n) is 2.87. The Kier molecular flexibility index (Phi) is 5.07. The van der Waals surface area contributed by atoms with Crippen molar-refractivity contribution in [3.8, 4) is 0 Å². The topological polar surface area (TPSA) is 63.0 Å². The van der Waals surface area contributed by atoms with Crippen LogP contribution in [0.1, 0.15) is 24.2 Å². The Bertz CT molecular complexity index is 512. The van der Waals surface area contributed by atoms with E-state index in [-0.39, 0.29) is 12.6 Å². The third-order valence-corrected chi connectivity index (χ3v) is 3.40. The normalized spacial score (nSPS) is 12.6. The van der Waals surface area contributed by atoms with E-state index in [4.69, 9.17) is 5.11 Å². The van der Waals surface area contributed by atoms with Gasteiger partial charge < -0.3 is 10.4 Å². The van der Waals surface area contributed by atoms with E-state index in [0.29, 0.717) is 13.1 Å². The van der Waals surface area contributed by atoms with Crippen molar-refractivity contribution in [2.45, 2.75) is 26.1 Å². The molecule has 0 saturated heterocycles. The maximum atomic E-state index is 8.81. The Morgan fingerprint density at radius 3 is 2.79 bits per heavy atom. The molecule has 1 aromatic heterocycles. The first kappa shape index (κ1) is 14.2. The van der Waals surface area contributed by atoms with E-state index in [1.54, 1.807) is 4.68 Å². The number of aromatic nitrogens is 3. The van der Waals surface area contributed by atoms with E-state index < -0.39 is 0 Å². The largest absolute Gasteiger partial charge is 0.394 e. The number of aliphatic hydroxyl groups is 1. The number of hydrogen-bond acceptors (Lipinski definition) is 4. The lowest BCUT2D eigenvalue weighted by Crippen LogP contribution is -2.18. The summed E-state index contributed by atoms with van der Waals surface area (Å²) in [7, 11) is 0. The van der Waals surface area contributed by atoms with Crippen LogP contribution in [-0.2, 0) is 13.1 Å². The van der Waals surface area contributed by atoms with Gasteiger partial charge in [0.05, 0.1) is 18.8 Å². The highest BCUT2D eigenvalue weighted by molar-refractivity contribution is 9.10. The van der Waals surface area contributed by atoms with Crippen molar-refractivity contribution in [2.24, 2.45) is 0 Å². The number of benzene rings is 1. The molecular formula is C13H17BrN4O. The molecule has 2 rings (SSSR count). The van der Waals surface area contributed by atoms with Crippen molar-refractivity contribution >= 4 is 15.9 Å². The lowest BCUT2D eigenvalue weighted by molar-refractivity contribution is 0.268. The lowest BCUT2D eigenvalue weighted by Gasteiger charge is -2.13. The van der Waals surface area contributed by atoms with E-state index in [1.807, 2.05) is 18.3 Å². The highest BCUT2D eigenvalue weighted by Gasteiger charge is 2.06. The van der Waals surface area contributed by atoms with Gasteiger partial charge in [0.25, 0.3) is 0 Å². The van der Waals surface area contributed by atoms with E-state index in [2.05, 4.69) is 50.6 Å². The van der Waals surface area contributed by atoms with Gasteiger partial charge in [0, 0.05) is 23.3 Å². The fourth-order valence-corrected chi connectivity index (χ4v) is 2.02. The molecule has 19 heavy (non-hydrogen) atoms. The molecule has 1 atom stereocenters. The van der Waals surface area contributed by atoms with Gasteiger partial charge in [0.1, 0.15) is 0 Å². The predicted molar refractivity (Wildman–Crippen MR) is 76.5 cm³/mol. The number of hydrogen-bond donors (Lipinski definition) is 2. The summed E-state index contributed by atoms with van der Waals surface area (Å²) in [5.74, 6) is 0. The third kappa shape index (κ3) is 4.12. The molecule has 0 unspecified atom stereocenters. The highest BCUT2D eigenvalue weighted by atomic mass is 79.9. The van der Waals surface area contributed by atoms with Crippen LogP contribution >= 0.6 is 15.9 Å². The molecule has 0 saturated carbocycles. The zero-order valence-electron chi connectivity index (χ0n) is 10.8. The van der Waals surface area contributed by atoms with E-state index in [1.165, 1.54) is 5.56 Å². The summed E-state index contributed by atoms with van der Waals surface area (Å²) in [4.78, 5) is 0. The molecule has 0 radical (unpaired) electrons. The summed E-state index contributed by atoms with van der Waals surface area (Å²) in [6.07, 6.45) is 1.84. The molecule has 0 bridgehead atoms. The molecule has 5 nitrogen and oxygen atoms in total. The van der Waals surface area contributed by atoms with Crippen molar-refractivity contribution in [3.05, 3.63) is 46.2 Å². The smallest absolute Gasteiger partial charge is 0.0965 e. The van der Waals surface area contributed by atoms with E-state index in [9.17, 15) is 0 Å². The molecule has 0 aliphatic carbocycles. The van der Waals surface area contributed by atoms with Gasteiger partial charge in [-0.2, -0.15) is 0 Å². The van der Waals surface area contributed by atoms with Crippen LogP contribution in [0, 0.1) is 0 Å². The van der Waals surface area contributed by atoms with Crippen molar-refractivity contribution in [3.63, 3.8) is 0 Å². The van der Waals surface area contributed by atoms with Gasteiger partial charge in [-0.1, -0.05) is 33.3 Å². The molecule has 0 aliphatic rings. The van der Waals surface area contributed by atoms with E-state index >= 15 is 0 Å². The minimum atomic E-state index is 0.0749. The van der Waals surface area contributed by atoms with Crippen LogP contribution in [0.5, 0.6) is 0 Å². The minimum Gasteiger partial charge on any atom is -0.394 e. The first-order chi connectivity index (χ1) is 9.19. The summed E-state index contributed by atoms with van der Waals surface area (Å²) in [5.41, 5.74) is 2.10. The maximum absolute atomic E-state index is 8.81. The quantitative estimate of drug-likeness (QED) is 0.851. The summed E-state index contributed by atoms with van der Waals surface area (Å²) in [6.45, 7) is 3.32. The van der Waals surface area contributed by atoms with Crippen LogP contribution in [0.25, 0.3) is 0 Å². The first-order valence-electron chi connectivity index (χ1n) is 6.18. The second-order valence-corrected chi connectivity index (χ2v) is 5.27. The Morgan fingerprint density at radius 1 is 1.37 bits per heavy atom. The molecule has 0 spiro atoms. The highest BCUT2D eigenvalue weighted by Crippen LogP contribution is 2.16. The molecule has 0 amide bonds. The van der Waals surface area contributed by atoms with Crippen LogP contribution in [0.4, 0.5) is 0 Å². The number of nitrogens with one attached hydrogen (secondary N) is 1. The molecule has 2 N–H and O–H groups in total.